The number of hydrogen-bond donors (Lipinski definition) is 2. The highest BCUT2D eigenvalue weighted by atomic mass is 127. The van der Waals surface area contributed by atoms with Crippen LogP contribution in [0.1, 0.15) is 39.5 Å². The summed E-state index contributed by atoms with van der Waals surface area (Å²) in [6, 6.07) is 0. The lowest BCUT2D eigenvalue weighted by molar-refractivity contribution is -0.0496. The van der Waals surface area contributed by atoms with Gasteiger partial charge in [0, 0.05) is 30.9 Å². The van der Waals surface area contributed by atoms with Gasteiger partial charge in [-0.1, -0.05) is 0 Å². The normalized spacial score (nSPS) is 25.4. The summed E-state index contributed by atoms with van der Waals surface area (Å²) in [6.07, 6.45) is 3.15. The molecule has 1 atom stereocenters. The molecule has 2 fully saturated rings. The van der Waals surface area contributed by atoms with Crippen LogP contribution in [-0.4, -0.2) is 67.4 Å². The van der Waals surface area contributed by atoms with E-state index in [1.54, 1.807) is 0 Å². The second kappa shape index (κ2) is 10.9. The summed E-state index contributed by atoms with van der Waals surface area (Å²) in [5.41, 5.74) is -5.22. The standard InChI is InChI=1S/C16H29F3N4O2S2.HI/c1-3-20-14(22-12-15(2)7-4-10-26-15)21-11-13-5-8-23(9-6-13)27(24,25)16(17,18)19;/h13H,3-12H2,1-2H3,(H2,20,21,22);1H. The molecule has 0 aromatic carbocycles. The van der Waals surface area contributed by atoms with Crippen LogP contribution in [-0.2, 0) is 10.0 Å². The van der Waals surface area contributed by atoms with Crippen molar-refractivity contribution in [2.75, 3.05) is 38.5 Å². The topological polar surface area (TPSA) is 73.8 Å². The zero-order valence-electron chi connectivity index (χ0n) is 16.2. The van der Waals surface area contributed by atoms with Gasteiger partial charge < -0.3 is 10.6 Å². The lowest BCUT2D eigenvalue weighted by Gasteiger charge is -2.31. The maximum atomic E-state index is 12.6. The highest BCUT2D eigenvalue weighted by Crippen LogP contribution is 2.37. The van der Waals surface area contributed by atoms with Gasteiger partial charge in [-0.2, -0.15) is 29.2 Å². The SMILES string of the molecule is CCNC(=NCC1(C)CCCS1)NCC1CCN(S(=O)(=O)C(F)(F)F)CC1.I. The van der Waals surface area contributed by atoms with Crippen LogP contribution < -0.4 is 10.6 Å². The van der Waals surface area contributed by atoms with Crippen LogP contribution in [0, 0.1) is 5.92 Å². The van der Waals surface area contributed by atoms with Crippen LogP contribution >= 0.6 is 35.7 Å². The third-order valence-corrected chi connectivity index (χ3v) is 8.13. The van der Waals surface area contributed by atoms with Crippen molar-refractivity contribution >= 4 is 51.7 Å². The molecule has 2 N–H and O–H groups in total. The van der Waals surface area contributed by atoms with Crippen LogP contribution in [0.4, 0.5) is 13.2 Å². The number of rotatable bonds is 6. The number of halogens is 4. The lowest BCUT2D eigenvalue weighted by atomic mass is 9.98. The molecule has 12 heteroatoms. The molecule has 2 saturated heterocycles. The molecule has 0 aromatic heterocycles. The second-order valence-corrected chi connectivity index (χ2v) is 10.9. The minimum absolute atomic E-state index is 0. The Morgan fingerprint density at radius 1 is 1.29 bits per heavy atom. The summed E-state index contributed by atoms with van der Waals surface area (Å²) < 4.78 is 61.5. The molecule has 28 heavy (non-hydrogen) atoms. The van der Waals surface area contributed by atoms with Gasteiger partial charge in [0.05, 0.1) is 6.54 Å². The first-order valence-electron chi connectivity index (χ1n) is 9.30. The van der Waals surface area contributed by atoms with Gasteiger partial charge in [-0.05, 0) is 51.2 Å². The van der Waals surface area contributed by atoms with Crippen LogP contribution in [0.2, 0.25) is 0 Å². The Morgan fingerprint density at radius 2 is 1.93 bits per heavy atom. The zero-order chi connectivity index (χ0) is 20.1. The summed E-state index contributed by atoms with van der Waals surface area (Å²) in [5.74, 6) is 1.98. The van der Waals surface area contributed by atoms with Gasteiger partial charge in [-0.3, -0.25) is 4.99 Å². The molecular weight excluding hydrogens is 528 g/mol. The van der Waals surface area contributed by atoms with Gasteiger partial charge in [0.1, 0.15) is 0 Å². The number of nitrogens with one attached hydrogen (secondary N) is 2. The first-order chi connectivity index (χ1) is 12.6. The average Bonchev–Trinajstić information content (AvgIpc) is 3.04. The molecule has 0 radical (unpaired) electrons. The molecular formula is C16H30F3IN4O2S2. The number of alkyl halides is 3. The van der Waals surface area contributed by atoms with E-state index in [9.17, 15) is 21.6 Å². The van der Waals surface area contributed by atoms with E-state index < -0.39 is 15.5 Å². The Labute approximate surface area is 186 Å². The highest BCUT2D eigenvalue weighted by molar-refractivity contribution is 14.0. The Morgan fingerprint density at radius 3 is 2.43 bits per heavy atom. The van der Waals surface area contributed by atoms with Crippen molar-refractivity contribution in [1.82, 2.24) is 14.9 Å². The maximum Gasteiger partial charge on any atom is 0.511 e. The molecule has 6 nitrogen and oxygen atoms in total. The number of guanidine groups is 1. The summed E-state index contributed by atoms with van der Waals surface area (Å²) in [4.78, 5) is 4.66. The molecule has 0 spiro atoms. The van der Waals surface area contributed by atoms with E-state index in [-0.39, 0.29) is 47.7 Å². The molecule has 2 rings (SSSR count). The number of aliphatic imine (C=N–C) groups is 1. The molecule has 166 valence electrons. The number of nitrogens with zero attached hydrogens (tertiary/aromatic N) is 2. The fourth-order valence-electron chi connectivity index (χ4n) is 3.29. The monoisotopic (exact) mass is 558 g/mol. The minimum atomic E-state index is -5.22. The van der Waals surface area contributed by atoms with Crippen molar-refractivity contribution in [3.05, 3.63) is 0 Å². The average molecular weight is 558 g/mol. The fraction of sp³-hybridized carbons (Fsp3) is 0.938. The van der Waals surface area contributed by atoms with Gasteiger partial charge >= 0.3 is 15.5 Å². The lowest BCUT2D eigenvalue weighted by Crippen LogP contribution is -2.47. The predicted octanol–water partition coefficient (Wildman–Crippen LogP) is 3.01. The Kier molecular flexibility index (Phi) is 10.1. The molecule has 1 unspecified atom stereocenters. The fourth-order valence-corrected chi connectivity index (χ4v) is 5.50. The summed E-state index contributed by atoms with van der Waals surface area (Å²) in [6.45, 7) is 5.99. The molecule has 0 aromatic rings. The molecule has 2 heterocycles. The van der Waals surface area contributed by atoms with E-state index >= 15 is 0 Å². The van der Waals surface area contributed by atoms with Gasteiger partial charge in [-0.25, -0.2) is 8.42 Å². The Balaban J connectivity index is 0.00000392. The van der Waals surface area contributed by atoms with Crippen molar-refractivity contribution < 1.29 is 21.6 Å². The summed E-state index contributed by atoms with van der Waals surface area (Å²) >= 11 is 1.94. The zero-order valence-corrected chi connectivity index (χ0v) is 20.2. The van der Waals surface area contributed by atoms with E-state index in [0.29, 0.717) is 29.7 Å². The Hall–Kier alpha value is 0.0500. The molecule has 0 bridgehead atoms. The third-order valence-electron chi connectivity index (χ3n) is 4.98. The maximum absolute atomic E-state index is 12.6. The van der Waals surface area contributed by atoms with E-state index in [4.69, 9.17) is 0 Å². The predicted molar refractivity (Wildman–Crippen MR) is 119 cm³/mol. The van der Waals surface area contributed by atoms with Gasteiger partial charge in [0.25, 0.3) is 0 Å². The van der Waals surface area contributed by atoms with Crippen molar-refractivity contribution in [2.24, 2.45) is 10.9 Å². The first kappa shape index (κ1) is 26.1. The van der Waals surface area contributed by atoms with E-state index in [1.807, 2.05) is 18.7 Å². The van der Waals surface area contributed by atoms with Crippen LogP contribution in [0.5, 0.6) is 0 Å². The van der Waals surface area contributed by atoms with Crippen molar-refractivity contribution in [1.29, 1.82) is 0 Å². The number of hydrogen-bond acceptors (Lipinski definition) is 4. The van der Waals surface area contributed by atoms with E-state index in [1.165, 1.54) is 6.42 Å². The molecule has 2 aliphatic heterocycles. The van der Waals surface area contributed by atoms with Gasteiger partial charge in [0.2, 0.25) is 0 Å². The molecule has 0 amide bonds. The van der Waals surface area contributed by atoms with Crippen molar-refractivity contribution in [2.45, 2.75) is 49.8 Å². The highest BCUT2D eigenvalue weighted by Gasteiger charge is 2.50. The van der Waals surface area contributed by atoms with Crippen LogP contribution in [0.25, 0.3) is 0 Å². The van der Waals surface area contributed by atoms with Crippen molar-refractivity contribution in [3.8, 4) is 0 Å². The van der Waals surface area contributed by atoms with E-state index in [2.05, 4.69) is 22.5 Å². The van der Waals surface area contributed by atoms with Crippen LogP contribution in [0.3, 0.4) is 0 Å². The first-order valence-corrected chi connectivity index (χ1v) is 11.7. The largest absolute Gasteiger partial charge is 0.511 e. The minimum Gasteiger partial charge on any atom is -0.357 e. The van der Waals surface area contributed by atoms with E-state index in [0.717, 1.165) is 25.3 Å². The number of thioether (sulfide) groups is 1. The Bertz CT molecular complexity index is 618. The van der Waals surface area contributed by atoms with Gasteiger partial charge in [-0.15, -0.1) is 24.0 Å². The summed E-state index contributed by atoms with van der Waals surface area (Å²) in [5, 5.41) is 6.45. The van der Waals surface area contributed by atoms with Crippen molar-refractivity contribution in [3.63, 3.8) is 0 Å². The second-order valence-electron chi connectivity index (χ2n) is 7.27. The number of piperidine rings is 1. The third kappa shape index (κ3) is 7.08. The van der Waals surface area contributed by atoms with Gasteiger partial charge in [0.15, 0.2) is 5.96 Å². The summed E-state index contributed by atoms with van der Waals surface area (Å²) in [7, 11) is -5.21. The quantitative estimate of drug-likeness (QED) is 0.298. The molecule has 2 aliphatic rings. The molecule has 0 saturated carbocycles. The smallest absolute Gasteiger partial charge is 0.357 e. The van der Waals surface area contributed by atoms with Crippen LogP contribution in [0.15, 0.2) is 4.99 Å². The number of sulfonamides is 1. The molecule has 0 aliphatic carbocycles.